The first kappa shape index (κ1) is 28.1. The third-order valence-corrected chi connectivity index (χ3v) is 5.59. The van der Waals surface area contributed by atoms with Crippen molar-refractivity contribution in [1.29, 1.82) is 0 Å². The van der Waals surface area contributed by atoms with Crippen molar-refractivity contribution in [3.8, 4) is 16.9 Å². The summed E-state index contributed by atoms with van der Waals surface area (Å²) in [5, 5.41) is 0. The molecule has 4 nitrogen and oxygen atoms in total. The number of unbranched alkanes of at least 4 members (excludes halogenated alkanes) is 2. The summed E-state index contributed by atoms with van der Waals surface area (Å²) >= 11 is 0. The Hall–Kier alpha value is -3.12. The van der Waals surface area contributed by atoms with Gasteiger partial charge in [-0.3, -0.25) is 0 Å². The van der Waals surface area contributed by atoms with E-state index in [1.165, 1.54) is 18.3 Å². The van der Waals surface area contributed by atoms with Gasteiger partial charge in [0.05, 0.1) is 19.8 Å². The summed E-state index contributed by atoms with van der Waals surface area (Å²) in [4.78, 5) is 0. The molecule has 0 saturated carbocycles. The first-order chi connectivity index (χ1) is 16.9. The molecule has 190 valence electrons. The van der Waals surface area contributed by atoms with Crippen LogP contribution in [0.2, 0.25) is 0 Å². The molecule has 0 aliphatic rings. The largest absolute Gasteiger partial charge is 0.494 e. The van der Waals surface area contributed by atoms with Crippen LogP contribution in [0.4, 0.5) is 8.78 Å². The number of halogens is 2. The topological polar surface area (TPSA) is 70.5 Å². The molecule has 0 saturated heterocycles. The summed E-state index contributed by atoms with van der Waals surface area (Å²) in [7, 11) is 0. The number of nitrogens with two attached hydrogens (primary N) is 2. The quantitative estimate of drug-likeness (QED) is 0.156. The van der Waals surface area contributed by atoms with Crippen LogP contribution in [0, 0.1) is 11.6 Å². The van der Waals surface area contributed by atoms with Crippen molar-refractivity contribution in [2.24, 2.45) is 11.5 Å². The molecule has 4 N–H and O–H groups in total. The van der Waals surface area contributed by atoms with E-state index < -0.39 is 11.6 Å². The van der Waals surface area contributed by atoms with Gasteiger partial charge in [-0.15, -0.1) is 0 Å². The van der Waals surface area contributed by atoms with Crippen LogP contribution in [0.5, 0.6) is 5.75 Å². The van der Waals surface area contributed by atoms with Crippen molar-refractivity contribution < 1.29 is 18.3 Å². The fourth-order valence-corrected chi connectivity index (χ4v) is 3.57. The van der Waals surface area contributed by atoms with E-state index in [1.54, 1.807) is 12.2 Å². The highest BCUT2D eigenvalue weighted by Gasteiger charge is 2.12. The van der Waals surface area contributed by atoms with Crippen LogP contribution in [0.25, 0.3) is 11.1 Å². The fourth-order valence-electron chi connectivity index (χ4n) is 3.57. The van der Waals surface area contributed by atoms with Crippen LogP contribution >= 0.6 is 0 Å². The molecule has 2 aromatic rings. The summed E-state index contributed by atoms with van der Waals surface area (Å²) in [6.07, 6.45) is 10.4. The van der Waals surface area contributed by atoms with Crippen LogP contribution in [-0.2, 0) is 11.2 Å². The van der Waals surface area contributed by atoms with Gasteiger partial charge >= 0.3 is 0 Å². The zero-order chi connectivity index (χ0) is 25.5. The van der Waals surface area contributed by atoms with Gasteiger partial charge in [0.25, 0.3) is 0 Å². The lowest BCUT2D eigenvalue weighted by Crippen LogP contribution is -2.08. The Morgan fingerprint density at radius 3 is 2.34 bits per heavy atom. The smallest absolute Gasteiger partial charge is 0.129 e. The molecule has 0 fully saturated rings. The van der Waals surface area contributed by atoms with E-state index in [0.717, 1.165) is 49.7 Å². The lowest BCUT2D eigenvalue weighted by atomic mass is 10.00. The molecule has 0 aromatic heterocycles. The van der Waals surface area contributed by atoms with E-state index in [0.29, 0.717) is 43.3 Å². The van der Waals surface area contributed by atoms with Crippen LogP contribution in [0.15, 0.2) is 72.6 Å². The Balaban J connectivity index is 1.73. The van der Waals surface area contributed by atoms with E-state index in [-0.39, 0.29) is 5.56 Å². The van der Waals surface area contributed by atoms with Gasteiger partial charge in [0.1, 0.15) is 17.4 Å². The maximum atomic E-state index is 14.5. The first-order valence-corrected chi connectivity index (χ1v) is 12.2. The zero-order valence-corrected chi connectivity index (χ0v) is 20.7. The molecule has 0 amide bonds. The molecule has 0 aliphatic heterocycles. The standard InChI is InChI=1S/C29H38F2N2O2/c1-3-4-5-10-27-28(30)19-24(20-29(27)31)23-11-13-26(14-12-23)35-17-7-8-22(2)15-18-34-21-25(33)9-6-16-32/h6,9,11-14,16,19-20H,2-5,7-8,10,15,17-18,21,32-33H2,1H3/b16-6-,25-9-. The maximum Gasteiger partial charge on any atom is 0.129 e. The van der Waals surface area contributed by atoms with Crippen LogP contribution in [0.1, 0.15) is 51.0 Å². The Morgan fingerprint density at radius 2 is 1.69 bits per heavy atom. The maximum absolute atomic E-state index is 14.5. The van der Waals surface area contributed by atoms with Gasteiger partial charge in [0, 0.05) is 11.3 Å². The number of ether oxygens (including phenoxy) is 2. The van der Waals surface area contributed by atoms with Gasteiger partial charge in [-0.2, -0.15) is 0 Å². The molecule has 0 heterocycles. The molecule has 0 unspecified atom stereocenters. The summed E-state index contributed by atoms with van der Waals surface area (Å²) in [5.74, 6) is -0.245. The van der Waals surface area contributed by atoms with Crippen molar-refractivity contribution in [3.63, 3.8) is 0 Å². The minimum Gasteiger partial charge on any atom is -0.494 e. The third kappa shape index (κ3) is 10.4. The Kier molecular flexibility index (Phi) is 12.6. The van der Waals surface area contributed by atoms with Crippen molar-refractivity contribution in [3.05, 3.63) is 89.8 Å². The van der Waals surface area contributed by atoms with Crippen LogP contribution in [-0.4, -0.2) is 19.8 Å². The molecular formula is C29H38F2N2O2. The van der Waals surface area contributed by atoms with E-state index in [2.05, 4.69) is 13.5 Å². The molecule has 0 radical (unpaired) electrons. The van der Waals surface area contributed by atoms with Crippen LogP contribution < -0.4 is 16.2 Å². The summed E-state index contributed by atoms with van der Waals surface area (Å²) < 4.78 is 40.2. The van der Waals surface area contributed by atoms with Gasteiger partial charge in [-0.1, -0.05) is 44.1 Å². The van der Waals surface area contributed by atoms with Crippen molar-refractivity contribution in [1.82, 2.24) is 0 Å². The second-order valence-electron chi connectivity index (χ2n) is 8.53. The minimum atomic E-state index is -0.481. The Morgan fingerprint density at radius 1 is 0.971 bits per heavy atom. The summed E-state index contributed by atoms with van der Waals surface area (Å²) in [6.45, 7) is 7.62. The molecule has 2 aromatic carbocycles. The molecule has 0 bridgehead atoms. The summed E-state index contributed by atoms with van der Waals surface area (Å²) in [5.41, 5.74) is 14.2. The molecule has 0 atom stereocenters. The van der Waals surface area contributed by atoms with E-state index in [1.807, 2.05) is 24.3 Å². The highest BCUT2D eigenvalue weighted by Crippen LogP contribution is 2.27. The number of rotatable bonds is 16. The summed E-state index contributed by atoms with van der Waals surface area (Å²) in [6, 6.07) is 10.1. The van der Waals surface area contributed by atoms with Crippen molar-refractivity contribution in [2.45, 2.75) is 51.9 Å². The van der Waals surface area contributed by atoms with E-state index in [4.69, 9.17) is 20.9 Å². The van der Waals surface area contributed by atoms with Gasteiger partial charge in [-0.05, 0) is 85.8 Å². The molecule has 0 aliphatic carbocycles. The lowest BCUT2D eigenvalue weighted by molar-refractivity contribution is 0.158. The average molecular weight is 485 g/mol. The minimum absolute atomic E-state index is 0.177. The Labute approximate surface area is 208 Å². The Bertz CT molecular complexity index is 962. The van der Waals surface area contributed by atoms with Gasteiger partial charge < -0.3 is 20.9 Å². The first-order valence-electron chi connectivity index (χ1n) is 12.2. The second kappa shape index (κ2) is 15.7. The normalized spacial score (nSPS) is 11.8. The number of benzene rings is 2. The van der Waals surface area contributed by atoms with Crippen molar-refractivity contribution in [2.75, 3.05) is 19.8 Å². The molecule has 35 heavy (non-hydrogen) atoms. The second-order valence-corrected chi connectivity index (χ2v) is 8.53. The van der Waals surface area contributed by atoms with Crippen molar-refractivity contribution >= 4 is 0 Å². The number of hydrogen-bond donors (Lipinski definition) is 2. The van der Waals surface area contributed by atoms with Gasteiger partial charge in [0.2, 0.25) is 0 Å². The average Bonchev–Trinajstić information content (AvgIpc) is 2.85. The SMILES string of the molecule is C=C(CCCOc1ccc(-c2cc(F)c(CCCCC)c(F)c2)cc1)CCOC/C(N)=C/C=C\N. The third-order valence-electron chi connectivity index (χ3n) is 5.59. The molecule has 2 rings (SSSR count). The highest BCUT2D eigenvalue weighted by molar-refractivity contribution is 5.65. The van der Waals surface area contributed by atoms with E-state index >= 15 is 0 Å². The molecule has 6 heteroatoms. The molecular weight excluding hydrogens is 446 g/mol. The van der Waals surface area contributed by atoms with E-state index in [9.17, 15) is 8.78 Å². The lowest BCUT2D eigenvalue weighted by Gasteiger charge is -2.11. The molecule has 0 spiro atoms. The highest BCUT2D eigenvalue weighted by atomic mass is 19.1. The predicted molar refractivity (Wildman–Crippen MR) is 140 cm³/mol. The monoisotopic (exact) mass is 484 g/mol. The fraction of sp³-hybridized carbons (Fsp3) is 0.379. The zero-order valence-electron chi connectivity index (χ0n) is 20.7. The van der Waals surface area contributed by atoms with Gasteiger partial charge in [-0.25, -0.2) is 8.78 Å². The van der Waals surface area contributed by atoms with Gasteiger partial charge in [0.15, 0.2) is 0 Å². The number of allylic oxidation sites excluding steroid dienone is 2. The van der Waals surface area contributed by atoms with Crippen LogP contribution in [0.3, 0.4) is 0 Å². The predicted octanol–water partition coefficient (Wildman–Crippen LogP) is 6.80. The number of hydrogen-bond acceptors (Lipinski definition) is 4.